The number of rotatable bonds is 3. The van der Waals surface area contributed by atoms with Crippen molar-refractivity contribution in [1.82, 2.24) is 0 Å². The van der Waals surface area contributed by atoms with Gasteiger partial charge in [0.2, 0.25) is 0 Å². The van der Waals surface area contributed by atoms with Crippen molar-refractivity contribution in [2.24, 2.45) is 0 Å². The van der Waals surface area contributed by atoms with Gasteiger partial charge in [-0.3, -0.25) is 9.11 Å². The smallest absolute Gasteiger partial charge is 0.402 e. The van der Waals surface area contributed by atoms with Gasteiger partial charge >= 0.3 is 28.1 Å². The Morgan fingerprint density at radius 1 is 0.800 bits per heavy atom. The average Bonchev–Trinajstić information content (AvgIpc) is 1.79. The molecule has 0 aromatic rings. The Bertz CT molecular complexity index is 289. The molecule has 0 unspecified atom stereocenters. The van der Waals surface area contributed by atoms with Crippen molar-refractivity contribution in [2.75, 3.05) is 0 Å². The molecule has 0 spiro atoms. The van der Waals surface area contributed by atoms with Crippen LogP contribution in [0.25, 0.3) is 0 Å². The zero-order chi connectivity index (χ0) is 12.0. The molecule has 0 heterocycles. The molecular formula is H5BO11PdS2. The van der Waals surface area contributed by atoms with Gasteiger partial charge in [-0.2, -0.15) is 16.8 Å². The first-order chi connectivity index (χ1) is 5.94. The summed E-state index contributed by atoms with van der Waals surface area (Å²) in [5.41, 5.74) is 0. The van der Waals surface area contributed by atoms with E-state index in [1.165, 1.54) is 0 Å². The minimum atomic E-state index is -5.02. The monoisotopic (exact) mass is 362 g/mol. The summed E-state index contributed by atoms with van der Waals surface area (Å²) in [6.45, 7) is 0. The summed E-state index contributed by atoms with van der Waals surface area (Å²) in [7, 11) is -12.2. The Morgan fingerprint density at radius 3 is 1.00 bits per heavy atom. The molecule has 5 N–H and O–H groups in total. The van der Waals surface area contributed by atoms with Gasteiger partial charge in [0.15, 0.2) is 0 Å². The third kappa shape index (κ3) is 40.5. The summed E-state index contributed by atoms with van der Waals surface area (Å²) in [6.07, 6.45) is 0. The molecule has 0 bridgehead atoms. The van der Waals surface area contributed by atoms with Crippen LogP contribution in [0.5, 0.6) is 0 Å². The summed E-state index contributed by atoms with van der Waals surface area (Å²) in [4.78, 5) is 0. The molecule has 0 aliphatic rings. The molecule has 0 atom stereocenters. The van der Waals surface area contributed by atoms with Crippen molar-refractivity contribution in [3.05, 3.63) is 0 Å². The fourth-order valence-electron chi connectivity index (χ4n) is 0.0702. The first-order valence-corrected chi connectivity index (χ1v) is 5.04. The first kappa shape index (κ1) is 20.7. The molecule has 0 saturated heterocycles. The van der Waals surface area contributed by atoms with Crippen LogP contribution in [0.15, 0.2) is 0 Å². The molecular weight excluding hydrogens is 357 g/mol. The largest absolute Gasteiger partial charge is 0.631 e. The van der Waals surface area contributed by atoms with E-state index in [-0.39, 0.29) is 20.4 Å². The van der Waals surface area contributed by atoms with Crippen LogP contribution in [-0.4, -0.2) is 48.3 Å². The van der Waals surface area contributed by atoms with Gasteiger partial charge in [-0.1, -0.05) is 8.67 Å². The zero-order valence-corrected chi connectivity index (χ0v) is 9.58. The first-order valence-electron chi connectivity index (χ1n) is 2.31. The number of hydrogen-bond acceptors (Lipinski definition) is 9. The molecule has 15 heavy (non-hydrogen) atoms. The molecule has 0 aliphatic heterocycles. The van der Waals surface area contributed by atoms with Gasteiger partial charge in [-0.25, -0.2) is 0 Å². The maximum absolute atomic E-state index is 9.51. The minimum Gasteiger partial charge on any atom is -0.402 e. The molecule has 0 amide bonds. The van der Waals surface area contributed by atoms with Crippen molar-refractivity contribution in [3.63, 3.8) is 0 Å². The average molecular weight is 362 g/mol. The third-order valence-corrected chi connectivity index (χ3v) is 0.766. The summed E-state index contributed by atoms with van der Waals surface area (Å²) in [5.74, 6) is 0. The van der Waals surface area contributed by atoms with Gasteiger partial charge in [0.25, 0.3) is 0 Å². The van der Waals surface area contributed by atoms with E-state index in [9.17, 15) is 16.8 Å². The normalized spacial score (nSPS) is 10.7. The fraction of sp³-hybridized carbons (Fsp3) is 0. The van der Waals surface area contributed by atoms with E-state index in [1.807, 2.05) is 0 Å². The fourth-order valence-corrected chi connectivity index (χ4v) is 0.632. The van der Waals surface area contributed by atoms with E-state index in [1.54, 1.807) is 0 Å². The van der Waals surface area contributed by atoms with Crippen LogP contribution in [0.3, 0.4) is 0 Å². The van der Waals surface area contributed by atoms with Gasteiger partial charge in [-0.05, 0) is 0 Å². The predicted molar refractivity (Wildman–Crippen MR) is 37.7 cm³/mol. The van der Waals surface area contributed by atoms with Crippen molar-refractivity contribution in [3.8, 4) is 0 Å². The molecule has 96 valence electrons. The predicted octanol–water partition coefficient (Wildman–Crippen LogP) is -3.51. The van der Waals surface area contributed by atoms with Crippen molar-refractivity contribution in [1.29, 1.82) is 0 Å². The molecule has 0 aliphatic carbocycles. The molecule has 0 fully saturated rings. The maximum atomic E-state index is 9.51. The van der Waals surface area contributed by atoms with Gasteiger partial charge in [0.05, 0.1) is 0 Å². The van der Waals surface area contributed by atoms with E-state index >= 15 is 0 Å². The summed E-state index contributed by atoms with van der Waals surface area (Å²) in [6, 6.07) is 0. The van der Waals surface area contributed by atoms with Crippen LogP contribution in [0.2, 0.25) is 0 Å². The van der Waals surface area contributed by atoms with E-state index in [4.69, 9.17) is 24.2 Å². The van der Waals surface area contributed by atoms with E-state index < -0.39 is 28.1 Å². The topological polar surface area (TPSA) is 188 Å². The quantitative estimate of drug-likeness (QED) is 0.145. The van der Waals surface area contributed by atoms with Crippen molar-refractivity contribution < 1.29 is 70.1 Å². The van der Waals surface area contributed by atoms with Gasteiger partial charge in [-0.15, -0.1) is 0 Å². The van der Waals surface area contributed by atoms with Crippen LogP contribution in [0.1, 0.15) is 0 Å². The standard InChI is InChI=1S/BH3O3.H2O8S2.Pd/c2-1(3)4;1-9(2,3)7-8-10(4,5)6;/h2-4H;(H,1,2,3)(H,4,5,6);. The molecule has 11 nitrogen and oxygen atoms in total. The van der Waals surface area contributed by atoms with Crippen LogP contribution in [0, 0.1) is 0 Å². The summed E-state index contributed by atoms with van der Waals surface area (Å²) < 4.78 is 58.9. The second kappa shape index (κ2) is 8.49. The Morgan fingerprint density at radius 2 is 0.933 bits per heavy atom. The van der Waals surface area contributed by atoms with Crippen LogP contribution in [-0.2, 0) is 49.9 Å². The summed E-state index contributed by atoms with van der Waals surface area (Å²) in [5, 5.41) is 21.5. The van der Waals surface area contributed by atoms with Gasteiger partial charge in [0.1, 0.15) is 0 Å². The molecule has 0 saturated carbocycles. The molecule has 0 aromatic heterocycles. The minimum absolute atomic E-state index is 0. The number of hydrogen-bond donors (Lipinski definition) is 5. The Labute approximate surface area is 98.3 Å². The van der Waals surface area contributed by atoms with Crippen molar-refractivity contribution in [2.45, 2.75) is 0 Å². The maximum Gasteiger partial charge on any atom is 0.631 e. The van der Waals surface area contributed by atoms with Crippen LogP contribution >= 0.6 is 0 Å². The molecule has 0 radical (unpaired) electrons. The van der Waals surface area contributed by atoms with Gasteiger partial charge in [0, 0.05) is 20.4 Å². The third-order valence-electron chi connectivity index (χ3n) is 0.200. The molecule has 0 rings (SSSR count). The molecule has 0 aromatic carbocycles. The molecule has 15 heteroatoms. The Hall–Kier alpha value is 0.347. The van der Waals surface area contributed by atoms with E-state index in [0.29, 0.717) is 0 Å². The van der Waals surface area contributed by atoms with E-state index in [2.05, 4.69) is 8.67 Å². The van der Waals surface area contributed by atoms with Crippen LogP contribution < -0.4 is 0 Å². The Kier molecular flexibility index (Phi) is 11.7. The van der Waals surface area contributed by atoms with Gasteiger partial charge < -0.3 is 15.1 Å². The Balaban J connectivity index is -0.000000249. The zero-order valence-electron chi connectivity index (χ0n) is 6.40. The van der Waals surface area contributed by atoms with Crippen LogP contribution in [0.4, 0.5) is 0 Å². The second-order valence-corrected chi connectivity index (χ2v) is 3.32. The SMILES string of the molecule is O=S(=O)(O)OOS(=O)(=O)O.OB(O)O.[Pd]. The van der Waals surface area contributed by atoms with Crippen molar-refractivity contribution >= 4 is 28.1 Å². The van der Waals surface area contributed by atoms with E-state index in [0.717, 1.165) is 0 Å². The summed E-state index contributed by atoms with van der Waals surface area (Å²) >= 11 is 0. The second-order valence-electron chi connectivity index (χ2n) is 1.34.